The van der Waals surface area contributed by atoms with Crippen LogP contribution in [0.4, 0.5) is 8.78 Å². The van der Waals surface area contributed by atoms with Crippen molar-refractivity contribution in [1.82, 2.24) is 10.6 Å². The molecule has 4 nitrogen and oxygen atoms in total. The van der Waals surface area contributed by atoms with Crippen LogP contribution in [0.2, 0.25) is 0 Å². The highest BCUT2D eigenvalue weighted by Gasteiger charge is 2.04. The minimum absolute atomic E-state index is 0. The number of ether oxygens (including phenoxy) is 1. The third-order valence-electron chi connectivity index (χ3n) is 3.05. The van der Waals surface area contributed by atoms with Crippen molar-refractivity contribution in [3.05, 3.63) is 52.2 Å². The summed E-state index contributed by atoms with van der Waals surface area (Å²) in [5, 5.41) is 8.48. The number of aliphatic imine (C=N–C) groups is 1. The van der Waals surface area contributed by atoms with E-state index in [4.69, 9.17) is 4.74 Å². The first kappa shape index (κ1) is 21.6. The molecule has 0 amide bonds. The summed E-state index contributed by atoms with van der Waals surface area (Å²) in [6.07, 6.45) is -2.48. The van der Waals surface area contributed by atoms with Crippen LogP contribution in [0, 0.1) is 0 Å². The Balaban J connectivity index is 0.00000312. The smallest absolute Gasteiger partial charge is 0.272 e. The van der Waals surface area contributed by atoms with Crippen molar-refractivity contribution in [2.24, 2.45) is 4.99 Å². The van der Waals surface area contributed by atoms with Crippen molar-refractivity contribution in [1.29, 1.82) is 0 Å². The first-order valence-electron chi connectivity index (χ1n) is 7.72. The Morgan fingerprint density at radius 1 is 1.24 bits per heavy atom. The summed E-state index contributed by atoms with van der Waals surface area (Å²) in [5.74, 6) is 1.14. The Morgan fingerprint density at radius 2 is 2.08 bits per heavy atom. The number of nitrogens with one attached hydrogen (secondary N) is 2. The second-order valence-corrected chi connectivity index (χ2v) is 6.01. The molecular weight excluding hydrogens is 459 g/mol. The van der Waals surface area contributed by atoms with Gasteiger partial charge >= 0.3 is 0 Å². The quantitative estimate of drug-likeness (QED) is 0.337. The van der Waals surface area contributed by atoms with Gasteiger partial charge < -0.3 is 15.4 Å². The Labute approximate surface area is 167 Å². The largest absolute Gasteiger partial charge is 0.488 e. The van der Waals surface area contributed by atoms with E-state index < -0.39 is 13.0 Å². The Kier molecular flexibility index (Phi) is 10.4. The van der Waals surface area contributed by atoms with Gasteiger partial charge in [0.1, 0.15) is 12.4 Å². The van der Waals surface area contributed by atoms with Crippen molar-refractivity contribution >= 4 is 41.3 Å². The van der Waals surface area contributed by atoms with E-state index in [0.717, 1.165) is 12.1 Å². The summed E-state index contributed by atoms with van der Waals surface area (Å²) in [4.78, 5) is 5.74. The van der Waals surface area contributed by atoms with Gasteiger partial charge in [-0.2, -0.15) is 0 Å². The maximum Gasteiger partial charge on any atom is 0.272 e. The molecule has 0 aliphatic rings. The first-order chi connectivity index (χ1) is 11.7. The van der Waals surface area contributed by atoms with E-state index in [2.05, 4.69) is 21.7 Å². The molecule has 2 aromatic rings. The van der Waals surface area contributed by atoms with Crippen LogP contribution in [0.1, 0.15) is 17.4 Å². The number of alkyl halides is 2. The van der Waals surface area contributed by atoms with Crippen molar-refractivity contribution in [2.45, 2.75) is 26.4 Å². The molecular formula is C17H22F2IN3OS. The fraction of sp³-hybridized carbons (Fsp3) is 0.353. The number of nitrogens with zero attached hydrogens (tertiary/aromatic N) is 1. The molecule has 0 fully saturated rings. The van der Waals surface area contributed by atoms with E-state index in [-0.39, 0.29) is 24.0 Å². The second kappa shape index (κ2) is 12.0. The number of hydrogen-bond acceptors (Lipinski definition) is 3. The normalized spacial score (nSPS) is 11.1. The predicted octanol–water partition coefficient (Wildman–Crippen LogP) is 4.27. The van der Waals surface area contributed by atoms with Gasteiger partial charge in [-0.1, -0.05) is 18.2 Å². The minimum Gasteiger partial charge on any atom is -0.488 e. The summed E-state index contributed by atoms with van der Waals surface area (Å²) in [7, 11) is 0. The van der Waals surface area contributed by atoms with Gasteiger partial charge in [0, 0.05) is 11.4 Å². The fourth-order valence-corrected chi connectivity index (χ4v) is 2.63. The van der Waals surface area contributed by atoms with E-state index in [1.807, 2.05) is 24.4 Å². The molecule has 25 heavy (non-hydrogen) atoms. The van der Waals surface area contributed by atoms with E-state index >= 15 is 0 Å². The molecule has 2 rings (SSSR count). The van der Waals surface area contributed by atoms with Crippen molar-refractivity contribution in [3.8, 4) is 5.75 Å². The summed E-state index contributed by atoms with van der Waals surface area (Å²) in [6, 6.07) is 11.1. The van der Waals surface area contributed by atoms with Gasteiger partial charge in [0.25, 0.3) is 6.43 Å². The zero-order valence-corrected chi connectivity index (χ0v) is 17.0. The average molecular weight is 481 g/mol. The zero-order valence-electron chi connectivity index (χ0n) is 13.9. The molecule has 1 heterocycles. The van der Waals surface area contributed by atoms with Crippen molar-refractivity contribution < 1.29 is 13.5 Å². The van der Waals surface area contributed by atoms with Crippen LogP contribution >= 0.6 is 35.3 Å². The lowest BCUT2D eigenvalue weighted by Crippen LogP contribution is -2.36. The lowest BCUT2D eigenvalue weighted by molar-refractivity contribution is 0.0818. The SMILES string of the molecule is CCNC(=NCc1cccc(OCC(F)F)c1)NCc1cccs1.I. The monoisotopic (exact) mass is 481 g/mol. The molecule has 0 bridgehead atoms. The highest BCUT2D eigenvalue weighted by Crippen LogP contribution is 2.15. The maximum absolute atomic E-state index is 12.2. The third-order valence-corrected chi connectivity index (χ3v) is 3.92. The predicted molar refractivity (Wildman–Crippen MR) is 109 cm³/mol. The van der Waals surface area contributed by atoms with Crippen LogP contribution in [0.25, 0.3) is 0 Å². The molecule has 138 valence electrons. The summed E-state index contributed by atoms with van der Waals surface area (Å²) < 4.78 is 29.4. The molecule has 2 N–H and O–H groups in total. The molecule has 0 aliphatic carbocycles. The molecule has 0 saturated heterocycles. The number of rotatable bonds is 8. The Hall–Kier alpha value is -1.42. The maximum atomic E-state index is 12.2. The zero-order chi connectivity index (χ0) is 17.2. The number of benzene rings is 1. The van der Waals surface area contributed by atoms with Crippen molar-refractivity contribution in [2.75, 3.05) is 13.2 Å². The molecule has 0 radical (unpaired) electrons. The van der Waals surface area contributed by atoms with Crippen LogP contribution in [-0.4, -0.2) is 25.5 Å². The van der Waals surface area contributed by atoms with Gasteiger partial charge in [0.2, 0.25) is 0 Å². The number of guanidine groups is 1. The lowest BCUT2D eigenvalue weighted by atomic mass is 10.2. The van der Waals surface area contributed by atoms with Crippen LogP contribution in [-0.2, 0) is 13.1 Å². The fourth-order valence-electron chi connectivity index (χ4n) is 1.99. The van der Waals surface area contributed by atoms with Gasteiger partial charge in [-0.15, -0.1) is 35.3 Å². The van der Waals surface area contributed by atoms with Gasteiger partial charge in [0.05, 0.1) is 13.1 Å². The Bertz CT molecular complexity index is 639. The van der Waals surface area contributed by atoms with E-state index in [1.165, 1.54) is 4.88 Å². The number of thiophene rings is 1. The van der Waals surface area contributed by atoms with Crippen LogP contribution in [0.15, 0.2) is 46.8 Å². The third kappa shape index (κ3) is 8.48. The topological polar surface area (TPSA) is 45.7 Å². The molecule has 0 aliphatic heterocycles. The summed E-state index contributed by atoms with van der Waals surface area (Å²) in [6.45, 7) is 3.30. The summed E-state index contributed by atoms with van der Waals surface area (Å²) >= 11 is 1.68. The second-order valence-electron chi connectivity index (χ2n) is 4.98. The molecule has 0 saturated carbocycles. The van der Waals surface area contributed by atoms with Gasteiger partial charge in [-0.25, -0.2) is 13.8 Å². The van der Waals surface area contributed by atoms with Gasteiger partial charge in [-0.3, -0.25) is 0 Å². The van der Waals surface area contributed by atoms with Crippen LogP contribution in [0.5, 0.6) is 5.75 Å². The molecule has 0 unspecified atom stereocenters. The van der Waals surface area contributed by atoms with E-state index in [9.17, 15) is 8.78 Å². The summed E-state index contributed by atoms with van der Waals surface area (Å²) in [5.41, 5.74) is 0.898. The molecule has 0 atom stereocenters. The molecule has 8 heteroatoms. The Morgan fingerprint density at radius 3 is 2.76 bits per heavy atom. The van der Waals surface area contributed by atoms with Gasteiger partial charge in [0.15, 0.2) is 5.96 Å². The van der Waals surface area contributed by atoms with Crippen LogP contribution < -0.4 is 15.4 Å². The number of halogens is 3. The molecule has 0 spiro atoms. The average Bonchev–Trinajstić information content (AvgIpc) is 3.09. The van der Waals surface area contributed by atoms with Crippen LogP contribution in [0.3, 0.4) is 0 Å². The van der Waals surface area contributed by atoms with E-state index in [1.54, 1.807) is 29.5 Å². The van der Waals surface area contributed by atoms with E-state index in [0.29, 0.717) is 24.8 Å². The molecule has 1 aromatic carbocycles. The van der Waals surface area contributed by atoms with Crippen molar-refractivity contribution in [3.63, 3.8) is 0 Å². The molecule has 1 aromatic heterocycles. The highest BCUT2D eigenvalue weighted by atomic mass is 127. The lowest BCUT2D eigenvalue weighted by Gasteiger charge is -2.11. The highest BCUT2D eigenvalue weighted by molar-refractivity contribution is 14.0. The van der Waals surface area contributed by atoms with Gasteiger partial charge in [-0.05, 0) is 36.1 Å². The number of hydrogen-bond donors (Lipinski definition) is 2. The minimum atomic E-state index is -2.48. The standard InChI is InChI=1S/C17H21F2N3OS.HI/c1-2-20-17(22-11-15-7-4-8-24-15)21-10-13-5-3-6-14(9-13)23-12-16(18)19;/h3-9,16H,2,10-12H2,1H3,(H2,20,21,22);1H. The first-order valence-corrected chi connectivity index (χ1v) is 8.59.